The Labute approximate surface area is 149 Å². The Morgan fingerprint density at radius 3 is 2.50 bits per heavy atom. The van der Waals surface area contributed by atoms with Crippen LogP contribution in [0.5, 0.6) is 0 Å². The van der Waals surface area contributed by atoms with Crippen LogP contribution in [-0.4, -0.2) is 11.1 Å². The molecule has 0 radical (unpaired) electrons. The van der Waals surface area contributed by atoms with E-state index in [2.05, 4.69) is 48.9 Å². The second-order valence-corrected chi connectivity index (χ2v) is 7.26. The quantitative estimate of drug-likeness (QED) is 0.564. The number of rotatable bonds is 5. The molecule has 0 unspecified atom stereocenters. The van der Waals surface area contributed by atoms with Gasteiger partial charge in [0.1, 0.15) is 4.88 Å². The zero-order valence-corrected chi connectivity index (χ0v) is 15.0. The third-order valence-corrected chi connectivity index (χ3v) is 5.46. The predicted molar refractivity (Wildman–Crippen MR) is 102 cm³/mol. The summed E-state index contributed by atoms with van der Waals surface area (Å²) in [6.07, 6.45) is 0. The molecule has 1 heterocycles. The van der Waals surface area contributed by atoms with Crippen LogP contribution < -0.4 is 4.72 Å². The number of hydrogen-bond acceptors (Lipinski definition) is 4. The molecular formula is C19H17NO2S2. The van der Waals surface area contributed by atoms with Gasteiger partial charge in [-0.05, 0) is 71.6 Å². The van der Waals surface area contributed by atoms with E-state index in [1.54, 1.807) is 11.4 Å². The van der Waals surface area contributed by atoms with Crippen molar-refractivity contribution in [1.29, 1.82) is 0 Å². The largest absolute Gasteiger partial charge is 0.477 e. The Balaban J connectivity index is 1.84. The molecule has 0 amide bonds. The van der Waals surface area contributed by atoms with E-state index in [1.807, 2.05) is 12.1 Å². The number of aryl methyl sites for hydroxylation is 2. The van der Waals surface area contributed by atoms with Crippen molar-refractivity contribution in [3.05, 3.63) is 69.9 Å². The van der Waals surface area contributed by atoms with E-state index >= 15 is 0 Å². The molecule has 0 aliphatic rings. The number of anilines is 1. The average molecular weight is 355 g/mol. The number of aromatic carboxylic acids is 1. The minimum Gasteiger partial charge on any atom is -0.477 e. The van der Waals surface area contributed by atoms with Gasteiger partial charge < -0.3 is 9.83 Å². The number of thiophene rings is 1. The second-order valence-electron chi connectivity index (χ2n) is 5.47. The SMILES string of the molecule is Cc1cccc(C)c1-c1cccc(SNc2ccsc2C(=O)O)c1. The topological polar surface area (TPSA) is 49.3 Å². The molecule has 2 aromatic carbocycles. The van der Waals surface area contributed by atoms with Crippen LogP contribution in [0.2, 0.25) is 0 Å². The van der Waals surface area contributed by atoms with Crippen LogP contribution in [0.4, 0.5) is 5.69 Å². The Bertz CT molecular complexity index is 866. The number of carboxylic acid groups (broad SMARTS) is 1. The van der Waals surface area contributed by atoms with Crippen LogP contribution in [0.25, 0.3) is 11.1 Å². The molecule has 0 atom stereocenters. The monoisotopic (exact) mass is 355 g/mol. The number of carboxylic acids is 1. The van der Waals surface area contributed by atoms with E-state index in [9.17, 15) is 4.79 Å². The summed E-state index contributed by atoms with van der Waals surface area (Å²) in [6, 6.07) is 16.4. The molecule has 122 valence electrons. The number of carbonyl (C=O) groups is 1. The highest BCUT2D eigenvalue weighted by atomic mass is 32.2. The highest BCUT2D eigenvalue weighted by Gasteiger charge is 2.12. The maximum absolute atomic E-state index is 11.2. The summed E-state index contributed by atoms with van der Waals surface area (Å²) < 4.78 is 3.15. The maximum Gasteiger partial charge on any atom is 0.348 e. The van der Waals surface area contributed by atoms with Crippen LogP contribution >= 0.6 is 23.3 Å². The van der Waals surface area contributed by atoms with E-state index in [0.29, 0.717) is 10.6 Å². The molecule has 0 fully saturated rings. The normalized spacial score (nSPS) is 10.6. The minimum absolute atomic E-state index is 0.327. The van der Waals surface area contributed by atoms with Gasteiger partial charge in [-0.15, -0.1) is 11.3 Å². The molecule has 0 aliphatic heterocycles. The molecule has 3 aromatic rings. The van der Waals surface area contributed by atoms with Crippen LogP contribution in [0, 0.1) is 13.8 Å². The van der Waals surface area contributed by atoms with E-state index in [4.69, 9.17) is 5.11 Å². The zero-order chi connectivity index (χ0) is 17.1. The van der Waals surface area contributed by atoms with Gasteiger partial charge >= 0.3 is 5.97 Å². The summed E-state index contributed by atoms with van der Waals surface area (Å²) in [4.78, 5) is 12.5. The van der Waals surface area contributed by atoms with Crippen LogP contribution in [0.15, 0.2) is 58.8 Å². The highest BCUT2D eigenvalue weighted by molar-refractivity contribution is 8.00. The average Bonchev–Trinajstić information content (AvgIpc) is 3.02. The van der Waals surface area contributed by atoms with Crippen LogP contribution in [0.1, 0.15) is 20.8 Å². The van der Waals surface area contributed by atoms with Crippen LogP contribution in [0.3, 0.4) is 0 Å². The molecule has 3 nitrogen and oxygen atoms in total. The summed E-state index contributed by atoms with van der Waals surface area (Å²) in [6.45, 7) is 4.23. The van der Waals surface area contributed by atoms with E-state index in [1.165, 1.54) is 45.5 Å². The Hall–Kier alpha value is -2.24. The third-order valence-electron chi connectivity index (χ3n) is 3.74. The lowest BCUT2D eigenvalue weighted by atomic mass is 9.96. The van der Waals surface area contributed by atoms with Crippen molar-refractivity contribution in [2.45, 2.75) is 18.7 Å². The Morgan fingerprint density at radius 1 is 1.08 bits per heavy atom. The summed E-state index contributed by atoms with van der Waals surface area (Å²) >= 11 is 2.64. The fourth-order valence-electron chi connectivity index (χ4n) is 2.65. The first-order valence-corrected chi connectivity index (χ1v) is 9.16. The molecule has 0 spiro atoms. The van der Waals surface area contributed by atoms with Gasteiger partial charge in [-0.3, -0.25) is 0 Å². The number of benzene rings is 2. The predicted octanol–water partition coefficient (Wildman–Crippen LogP) is 5.85. The molecule has 0 saturated heterocycles. The van der Waals surface area contributed by atoms with Gasteiger partial charge in [0.25, 0.3) is 0 Å². The van der Waals surface area contributed by atoms with Crippen molar-refractivity contribution in [3.8, 4) is 11.1 Å². The standard InChI is InChI=1S/C19H17NO2S2/c1-12-5-3-6-13(2)17(12)14-7-4-8-15(11-14)24-20-16-9-10-23-18(16)19(21)22/h3-11,20H,1-2H3,(H,21,22). The molecule has 5 heteroatoms. The maximum atomic E-state index is 11.2. The molecule has 24 heavy (non-hydrogen) atoms. The summed E-state index contributed by atoms with van der Waals surface area (Å²) in [7, 11) is 0. The fourth-order valence-corrected chi connectivity index (χ4v) is 4.14. The van der Waals surface area contributed by atoms with Gasteiger partial charge in [-0.1, -0.05) is 30.3 Å². The first kappa shape index (κ1) is 16.6. The molecule has 0 saturated carbocycles. The van der Waals surface area contributed by atoms with E-state index in [-0.39, 0.29) is 0 Å². The van der Waals surface area contributed by atoms with Gasteiger partial charge in [0, 0.05) is 4.90 Å². The molecular weight excluding hydrogens is 338 g/mol. The van der Waals surface area contributed by atoms with Gasteiger partial charge in [0.15, 0.2) is 0 Å². The highest BCUT2D eigenvalue weighted by Crippen LogP contribution is 2.32. The first-order valence-electron chi connectivity index (χ1n) is 7.46. The van der Waals surface area contributed by atoms with Gasteiger partial charge in [0.05, 0.1) is 5.69 Å². The van der Waals surface area contributed by atoms with E-state index in [0.717, 1.165) is 4.90 Å². The van der Waals surface area contributed by atoms with Crippen molar-refractivity contribution < 1.29 is 9.90 Å². The van der Waals surface area contributed by atoms with Crippen molar-refractivity contribution in [1.82, 2.24) is 0 Å². The number of nitrogens with one attached hydrogen (secondary N) is 1. The Morgan fingerprint density at radius 2 is 1.79 bits per heavy atom. The lowest BCUT2D eigenvalue weighted by Crippen LogP contribution is -1.97. The number of hydrogen-bond donors (Lipinski definition) is 2. The van der Waals surface area contributed by atoms with Gasteiger partial charge in [-0.25, -0.2) is 4.79 Å². The summed E-state index contributed by atoms with van der Waals surface area (Å²) in [5.41, 5.74) is 5.55. The fraction of sp³-hybridized carbons (Fsp3) is 0.105. The third kappa shape index (κ3) is 3.47. The lowest BCUT2D eigenvalue weighted by Gasteiger charge is -2.11. The van der Waals surface area contributed by atoms with Crippen molar-refractivity contribution in [2.24, 2.45) is 0 Å². The molecule has 0 aliphatic carbocycles. The lowest BCUT2D eigenvalue weighted by molar-refractivity contribution is 0.0703. The van der Waals surface area contributed by atoms with Crippen molar-refractivity contribution >= 4 is 34.9 Å². The summed E-state index contributed by atoms with van der Waals surface area (Å²) in [5.74, 6) is -0.905. The van der Waals surface area contributed by atoms with Crippen molar-refractivity contribution in [2.75, 3.05) is 4.72 Å². The first-order chi connectivity index (χ1) is 11.6. The summed E-state index contributed by atoms with van der Waals surface area (Å²) in [5, 5.41) is 10.9. The van der Waals surface area contributed by atoms with Crippen LogP contribution in [-0.2, 0) is 0 Å². The second kappa shape index (κ2) is 7.11. The smallest absolute Gasteiger partial charge is 0.348 e. The molecule has 1 aromatic heterocycles. The molecule has 2 N–H and O–H groups in total. The minimum atomic E-state index is -0.905. The molecule has 3 rings (SSSR count). The molecule has 0 bridgehead atoms. The Kier molecular flexibility index (Phi) is 4.92. The van der Waals surface area contributed by atoms with Gasteiger partial charge in [0.2, 0.25) is 0 Å². The zero-order valence-electron chi connectivity index (χ0n) is 13.4. The van der Waals surface area contributed by atoms with Gasteiger partial charge in [-0.2, -0.15) is 0 Å². The van der Waals surface area contributed by atoms with E-state index < -0.39 is 5.97 Å². The van der Waals surface area contributed by atoms with Crippen molar-refractivity contribution in [3.63, 3.8) is 0 Å².